The molecule has 0 aromatic heterocycles. The van der Waals surface area contributed by atoms with E-state index in [-0.39, 0.29) is 11.8 Å². The van der Waals surface area contributed by atoms with Gasteiger partial charge in [-0.1, -0.05) is 48.0 Å². The van der Waals surface area contributed by atoms with Crippen molar-refractivity contribution in [1.82, 2.24) is 0 Å². The number of carbonyl (C=O) groups is 1. The molecular formula is C17H16BrNO2. The number of fused-ring (bicyclic) bond motifs is 1. The molecule has 0 fully saturated rings. The third kappa shape index (κ3) is 2.01. The van der Waals surface area contributed by atoms with E-state index in [0.717, 1.165) is 4.47 Å². The van der Waals surface area contributed by atoms with Crippen molar-refractivity contribution in [1.29, 1.82) is 0 Å². The van der Waals surface area contributed by atoms with Gasteiger partial charge >= 0.3 is 0 Å². The molecule has 0 aliphatic carbocycles. The van der Waals surface area contributed by atoms with Crippen LogP contribution in [-0.2, 0) is 5.72 Å². The fourth-order valence-corrected chi connectivity index (χ4v) is 3.22. The maximum absolute atomic E-state index is 12.8. The first-order chi connectivity index (χ1) is 9.96. The molecule has 3 rings (SSSR count). The second-order valence-corrected chi connectivity index (χ2v) is 6.46. The van der Waals surface area contributed by atoms with Crippen molar-refractivity contribution >= 4 is 27.5 Å². The van der Waals surface area contributed by atoms with Gasteiger partial charge in [-0.25, -0.2) is 0 Å². The topological polar surface area (TPSA) is 40.5 Å². The summed E-state index contributed by atoms with van der Waals surface area (Å²) in [4.78, 5) is 14.3. The maximum Gasteiger partial charge on any atom is 0.261 e. The van der Waals surface area contributed by atoms with Crippen molar-refractivity contribution < 1.29 is 9.90 Å². The van der Waals surface area contributed by atoms with Crippen LogP contribution in [0, 0.1) is 5.92 Å². The Morgan fingerprint density at radius 1 is 1.14 bits per heavy atom. The van der Waals surface area contributed by atoms with Gasteiger partial charge in [0.1, 0.15) is 0 Å². The number of para-hydroxylation sites is 1. The molecule has 2 aromatic carbocycles. The third-order valence-corrected chi connectivity index (χ3v) is 4.47. The number of benzene rings is 2. The van der Waals surface area contributed by atoms with Crippen LogP contribution in [0.15, 0.2) is 53.0 Å². The molecular weight excluding hydrogens is 330 g/mol. The molecule has 1 atom stereocenters. The zero-order valence-electron chi connectivity index (χ0n) is 11.9. The molecule has 1 heterocycles. The van der Waals surface area contributed by atoms with Gasteiger partial charge in [0.05, 0.1) is 0 Å². The van der Waals surface area contributed by atoms with E-state index in [0.29, 0.717) is 16.8 Å². The van der Waals surface area contributed by atoms with Crippen LogP contribution in [0.1, 0.15) is 29.8 Å². The zero-order valence-corrected chi connectivity index (χ0v) is 13.5. The maximum atomic E-state index is 12.8. The van der Waals surface area contributed by atoms with Crippen molar-refractivity contribution in [2.45, 2.75) is 19.6 Å². The Morgan fingerprint density at radius 2 is 1.81 bits per heavy atom. The van der Waals surface area contributed by atoms with Gasteiger partial charge in [0.15, 0.2) is 5.72 Å². The minimum atomic E-state index is -1.34. The Morgan fingerprint density at radius 3 is 2.43 bits per heavy atom. The van der Waals surface area contributed by atoms with E-state index in [9.17, 15) is 9.90 Å². The first-order valence-electron chi connectivity index (χ1n) is 6.88. The van der Waals surface area contributed by atoms with Crippen LogP contribution in [0.5, 0.6) is 0 Å². The highest BCUT2D eigenvalue weighted by molar-refractivity contribution is 9.10. The zero-order chi connectivity index (χ0) is 15.2. The molecule has 0 saturated carbocycles. The second-order valence-electron chi connectivity index (χ2n) is 5.55. The molecule has 0 saturated heterocycles. The lowest BCUT2D eigenvalue weighted by molar-refractivity contribution is -0.00288. The van der Waals surface area contributed by atoms with Crippen molar-refractivity contribution in [3.63, 3.8) is 0 Å². The quantitative estimate of drug-likeness (QED) is 0.896. The third-order valence-electron chi connectivity index (χ3n) is 3.97. The number of anilines is 1. The SMILES string of the molecule is CC(C)C1(O)c2cc(Br)ccc2C(=O)N1c1ccccc1. The minimum Gasteiger partial charge on any atom is -0.366 e. The second kappa shape index (κ2) is 4.97. The fraction of sp³-hybridized carbons (Fsp3) is 0.235. The molecule has 1 amide bonds. The van der Waals surface area contributed by atoms with Gasteiger partial charge in [-0.3, -0.25) is 9.69 Å². The molecule has 0 radical (unpaired) electrons. The van der Waals surface area contributed by atoms with Crippen molar-refractivity contribution in [2.75, 3.05) is 4.90 Å². The summed E-state index contributed by atoms with van der Waals surface area (Å²) in [5, 5.41) is 11.3. The lowest BCUT2D eigenvalue weighted by Gasteiger charge is -2.37. The average molecular weight is 346 g/mol. The normalized spacial score (nSPS) is 21.0. The molecule has 1 unspecified atom stereocenters. The van der Waals surface area contributed by atoms with E-state index in [1.54, 1.807) is 6.07 Å². The molecule has 108 valence electrons. The highest BCUT2D eigenvalue weighted by atomic mass is 79.9. The number of carbonyl (C=O) groups excluding carboxylic acids is 1. The van der Waals surface area contributed by atoms with Crippen LogP contribution in [-0.4, -0.2) is 11.0 Å². The summed E-state index contributed by atoms with van der Waals surface area (Å²) in [6.07, 6.45) is 0. The first-order valence-corrected chi connectivity index (χ1v) is 7.67. The standard InChI is InChI=1S/C17H16BrNO2/c1-11(2)17(21)15-10-12(18)8-9-14(15)16(20)19(17)13-6-4-3-5-7-13/h3-11,21H,1-2H3. The summed E-state index contributed by atoms with van der Waals surface area (Å²) in [5.74, 6) is -0.308. The van der Waals surface area contributed by atoms with Crippen molar-refractivity contribution in [3.05, 3.63) is 64.1 Å². The van der Waals surface area contributed by atoms with E-state index in [1.807, 2.05) is 56.3 Å². The van der Waals surface area contributed by atoms with E-state index < -0.39 is 5.72 Å². The Kier molecular flexibility index (Phi) is 3.38. The van der Waals surface area contributed by atoms with E-state index in [2.05, 4.69) is 15.9 Å². The van der Waals surface area contributed by atoms with Gasteiger partial charge in [0.2, 0.25) is 0 Å². The summed E-state index contributed by atoms with van der Waals surface area (Å²) in [6.45, 7) is 3.83. The predicted octanol–water partition coefficient (Wildman–Crippen LogP) is 3.91. The van der Waals surface area contributed by atoms with Crippen LogP contribution < -0.4 is 4.90 Å². The molecule has 2 aromatic rings. The van der Waals surface area contributed by atoms with Crippen LogP contribution >= 0.6 is 15.9 Å². The van der Waals surface area contributed by atoms with Gasteiger partial charge < -0.3 is 5.11 Å². The first kappa shape index (κ1) is 14.3. The molecule has 3 nitrogen and oxygen atoms in total. The molecule has 1 aliphatic heterocycles. The highest BCUT2D eigenvalue weighted by Gasteiger charge is 2.51. The van der Waals surface area contributed by atoms with Crippen molar-refractivity contribution in [3.8, 4) is 0 Å². The fourth-order valence-electron chi connectivity index (χ4n) is 2.86. The number of halogens is 1. The monoisotopic (exact) mass is 345 g/mol. The van der Waals surface area contributed by atoms with Crippen molar-refractivity contribution in [2.24, 2.45) is 5.92 Å². The summed E-state index contributed by atoms with van der Waals surface area (Å²) < 4.78 is 0.850. The lowest BCUT2D eigenvalue weighted by Crippen LogP contribution is -2.47. The summed E-state index contributed by atoms with van der Waals surface area (Å²) >= 11 is 3.42. The van der Waals surface area contributed by atoms with Gasteiger partial charge in [-0.2, -0.15) is 0 Å². The Hall–Kier alpha value is -1.65. The molecule has 21 heavy (non-hydrogen) atoms. The Bertz CT molecular complexity index is 699. The highest BCUT2D eigenvalue weighted by Crippen LogP contribution is 2.45. The number of hydrogen-bond donors (Lipinski definition) is 1. The van der Waals surface area contributed by atoms with Crippen LogP contribution in [0.2, 0.25) is 0 Å². The molecule has 1 N–H and O–H groups in total. The smallest absolute Gasteiger partial charge is 0.261 e. The summed E-state index contributed by atoms with van der Waals surface area (Å²) in [6, 6.07) is 14.7. The Labute approximate surface area is 132 Å². The van der Waals surface area contributed by atoms with E-state index in [4.69, 9.17) is 0 Å². The average Bonchev–Trinajstić information content (AvgIpc) is 2.69. The van der Waals surface area contributed by atoms with Gasteiger partial charge in [0, 0.05) is 27.2 Å². The van der Waals surface area contributed by atoms with Gasteiger partial charge in [-0.05, 0) is 30.3 Å². The number of rotatable bonds is 2. The summed E-state index contributed by atoms with van der Waals surface area (Å²) in [7, 11) is 0. The molecule has 1 aliphatic rings. The Balaban J connectivity index is 2.25. The van der Waals surface area contributed by atoms with E-state index in [1.165, 1.54) is 4.90 Å². The molecule has 4 heteroatoms. The number of aliphatic hydroxyl groups is 1. The largest absolute Gasteiger partial charge is 0.366 e. The van der Waals surface area contributed by atoms with Crippen LogP contribution in [0.3, 0.4) is 0 Å². The van der Waals surface area contributed by atoms with Crippen LogP contribution in [0.4, 0.5) is 5.69 Å². The van der Waals surface area contributed by atoms with Gasteiger partial charge in [0.25, 0.3) is 5.91 Å². The molecule has 0 bridgehead atoms. The lowest BCUT2D eigenvalue weighted by atomic mass is 9.91. The number of nitrogens with zero attached hydrogens (tertiary/aromatic N) is 1. The number of hydrogen-bond acceptors (Lipinski definition) is 2. The van der Waals surface area contributed by atoms with Crippen LogP contribution in [0.25, 0.3) is 0 Å². The van der Waals surface area contributed by atoms with E-state index >= 15 is 0 Å². The summed E-state index contributed by atoms with van der Waals surface area (Å²) in [5.41, 5.74) is 0.572. The molecule has 0 spiro atoms. The van der Waals surface area contributed by atoms with Gasteiger partial charge in [-0.15, -0.1) is 0 Å². The predicted molar refractivity (Wildman–Crippen MR) is 86.1 cm³/mol. The minimum absolute atomic E-state index is 0.141. The number of amides is 1.